The first kappa shape index (κ1) is 22.3. The molecule has 4 rings (SSSR count). The average Bonchev–Trinajstić information content (AvgIpc) is 3.15. The number of fused-ring (bicyclic) bond motifs is 1. The molecule has 2 aliphatic heterocycles. The number of amidine groups is 1. The van der Waals surface area contributed by atoms with Crippen LogP contribution < -0.4 is 10.2 Å². The van der Waals surface area contributed by atoms with E-state index in [2.05, 4.69) is 26.2 Å². The van der Waals surface area contributed by atoms with Gasteiger partial charge >= 0.3 is 0 Å². The van der Waals surface area contributed by atoms with Crippen LogP contribution in [0.3, 0.4) is 0 Å². The summed E-state index contributed by atoms with van der Waals surface area (Å²) in [6, 6.07) is 9.40. The quantitative estimate of drug-likeness (QED) is 0.654. The van der Waals surface area contributed by atoms with Gasteiger partial charge in [0.25, 0.3) is 0 Å². The van der Waals surface area contributed by atoms with Crippen LogP contribution in [-0.4, -0.2) is 48.8 Å². The standard InChI is InChI=1S/C21H21BrFN3O3S2/c1-12-4-3-5-16(13(12)2)24-20(27)9-30-21-25-17-10-31(28,29)11-19(17)26(21)18-7-6-14(22)8-15(18)23/h3-8,17,19H,9-11H2,1-2H3,(H,24,27)/t17-,19-/m0/s1. The van der Waals surface area contributed by atoms with E-state index in [-0.39, 0.29) is 28.9 Å². The molecule has 0 spiro atoms. The fourth-order valence-electron chi connectivity index (χ4n) is 3.79. The Morgan fingerprint density at radius 2 is 2.06 bits per heavy atom. The molecule has 164 valence electrons. The molecule has 1 N–H and O–H groups in total. The lowest BCUT2D eigenvalue weighted by atomic mass is 10.1. The number of aryl methyl sites for hydroxylation is 1. The van der Waals surface area contributed by atoms with Crippen LogP contribution in [0.25, 0.3) is 0 Å². The molecule has 0 saturated carbocycles. The second-order valence-electron chi connectivity index (χ2n) is 7.67. The Balaban J connectivity index is 1.54. The normalized spacial score (nSPS) is 21.7. The Bertz CT molecular complexity index is 1190. The highest BCUT2D eigenvalue weighted by molar-refractivity contribution is 9.10. The van der Waals surface area contributed by atoms with Gasteiger partial charge < -0.3 is 10.2 Å². The van der Waals surface area contributed by atoms with Gasteiger partial charge in [-0.2, -0.15) is 0 Å². The van der Waals surface area contributed by atoms with E-state index in [1.807, 2.05) is 32.0 Å². The number of rotatable bonds is 4. The maximum atomic E-state index is 14.7. The lowest BCUT2D eigenvalue weighted by molar-refractivity contribution is -0.113. The van der Waals surface area contributed by atoms with Crippen molar-refractivity contribution in [2.24, 2.45) is 4.99 Å². The van der Waals surface area contributed by atoms with Crippen LogP contribution in [0.4, 0.5) is 15.8 Å². The highest BCUT2D eigenvalue weighted by atomic mass is 79.9. The number of nitrogens with one attached hydrogen (secondary N) is 1. The van der Waals surface area contributed by atoms with E-state index in [0.29, 0.717) is 9.64 Å². The zero-order valence-electron chi connectivity index (χ0n) is 16.9. The van der Waals surface area contributed by atoms with E-state index in [1.54, 1.807) is 17.0 Å². The van der Waals surface area contributed by atoms with Crippen LogP contribution in [0.2, 0.25) is 0 Å². The molecule has 0 aromatic heterocycles. The molecule has 0 radical (unpaired) electrons. The second-order valence-corrected chi connectivity index (χ2v) is 11.7. The second kappa shape index (κ2) is 8.55. The van der Waals surface area contributed by atoms with Crippen LogP contribution in [0, 0.1) is 19.7 Å². The third-order valence-electron chi connectivity index (χ3n) is 5.49. The fraction of sp³-hybridized carbons (Fsp3) is 0.333. The van der Waals surface area contributed by atoms with Gasteiger partial charge in [0, 0.05) is 10.2 Å². The highest BCUT2D eigenvalue weighted by Crippen LogP contribution is 2.37. The SMILES string of the molecule is Cc1cccc(NC(=O)CSC2=N[C@H]3CS(=O)(=O)C[C@@H]3N2c2ccc(Br)cc2F)c1C. The largest absolute Gasteiger partial charge is 0.325 e. The number of halogens is 2. The molecule has 2 aromatic rings. The average molecular weight is 526 g/mol. The van der Waals surface area contributed by atoms with Gasteiger partial charge in [0.1, 0.15) is 5.82 Å². The van der Waals surface area contributed by atoms with E-state index in [4.69, 9.17) is 0 Å². The minimum Gasteiger partial charge on any atom is -0.325 e. The van der Waals surface area contributed by atoms with Crippen molar-refractivity contribution in [1.29, 1.82) is 0 Å². The summed E-state index contributed by atoms with van der Waals surface area (Å²) < 4.78 is 39.6. The van der Waals surface area contributed by atoms with E-state index in [9.17, 15) is 17.6 Å². The molecule has 10 heteroatoms. The molecule has 1 amide bonds. The van der Waals surface area contributed by atoms with Gasteiger partial charge in [-0.05, 0) is 49.2 Å². The molecular weight excluding hydrogens is 505 g/mol. The summed E-state index contributed by atoms with van der Waals surface area (Å²) in [6.45, 7) is 3.92. The minimum absolute atomic E-state index is 0.0644. The van der Waals surface area contributed by atoms with E-state index >= 15 is 0 Å². The van der Waals surface area contributed by atoms with Gasteiger partial charge in [-0.15, -0.1) is 0 Å². The first-order valence-electron chi connectivity index (χ1n) is 9.66. The summed E-state index contributed by atoms with van der Waals surface area (Å²) in [7, 11) is -3.24. The molecule has 2 heterocycles. The van der Waals surface area contributed by atoms with Crippen LogP contribution in [0.1, 0.15) is 11.1 Å². The number of nitrogens with zero attached hydrogens (tertiary/aromatic N) is 2. The molecule has 0 unspecified atom stereocenters. The van der Waals surface area contributed by atoms with Crippen LogP contribution in [0.5, 0.6) is 0 Å². The number of benzene rings is 2. The van der Waals surface area contributed by atoms with Crippen molar-refractivity contribution in [2.75, 3.05) is 27.5 Å². The molecule has 0 aliphatic carbocycles. The number of hydrogen-bond acceptors (Lipinski definition) is 6. The van der Waals surface area contributed by atoms with Crippen molar-refractivity contribution >= 4 is 60.0 Å². The number of amides is 1. The minimum atomic E-state index is -3.24. The third-order valence-corrected chi connectivity index (χ3v) is 8.65. The van der Waals surface area contributed by atoms with Crippen LogP contribution in [0.15, 0.2) is 45.9 Å². The molecular formula is C21H21BrFN3O3S2. The molecule has 2 atom stereocenters. The summed E-state index contributed by atoms with van der Waals surface area (Å²) in [5.41, 5.74) is 3.08. The molecule has 0 bridgehead atoms. The summed E-state index contributed by atoms with van der Waals surface area (Å²) in [5, 5.41) is 3.36. The number of aliphatic imine (C=N–C) groups is 1. The number of carbonyl (C=O) groups is 1. The monoisotopic (exact) mass is 525 g/mol. The zero-order valence-corrected chi connectivity index (χ0v) is 20.2. The number of hydrogen-bond donors (Lipinski definition) is 1. The van der Waals surface area contributed by atoms with Crippen molar-refractivity contribution in [2.45, 2.75) is 25.9 Å². The topological polar surface area (TPSA) is 78.8 Å². The molecule has 1 fully saturated rings. The van der Waals surface area contributed by atoms with Crippen molar-refractivity contribution < 1.29 is 17.6 Å². The first-order chi connectivity index (χ1) is 14.6. The summed E-state index contributed by atoms with van der Waals surface area (Å²) in [6.07, 6.45) is 0. The highest BCUT2D eigenvalue weighted by Gasteiger charge is 2.47. The summed E-state index contributed by atoms with van der Waals surface area (Å²) in [5.74, 6) is -0.761. The van der Waals surface area contributed by atoms with Crippen molar-refractivity contribution in [3.63, 3.8) is 0 Å². The lowest BCUT2D eigenvalue weighted by Gasteiger charge is -2.26. The van der Waals surface area contributed by atoms with Crippen molar-refractivity contribution in [1.82, 2.24) is 0 Å². The predicted octanol–water partition coefficient (Wildman–Crippen LogP) is 3.92. The van der Waals surface area contributed by atoms with Crippen molar-refractivity contribution in [3.05, 3.63) is 57.8 Å². The van der Waals surface area contributed by atoms with Crippen LogP contribution >= 0.6 is 27.7 Å². The molecule has 1 saturated heterocycles. The van der Waals surface area contributed by atoms with E-state index in [1.165, 1.54) is 17.8 Å². The number of thioether (sulfide) groups is 1. The Kier molecular flexibility index (Phi) is 6.15. The van der Waals surface area contributed by atoms with E-state index < -0.39 is 27.7 Å². The fourth-order valence-corrected chi connectivity index (χ4v) is 6.89. The maximum absolute atomic E-state index is 14.7. The Labute approximate surface area is 193 Å². The van der Waals surface area contributed by atoms with Gasteiger partial charge in [0.15, 0.2) is 15.0 Å². The smallest absolute Gasteiger partial charge is 0.234 e. The zero-order chi connectivity index (χ0) is 22.3. The number of anilines is 2. The van der Waals surface area contributed by atoms with Gasteiger partial charge in [-0.3, -0.25) is 9.79 Å². The van der Waals surface area contributed by atoms with Crippen LogP contribution in [-0.2, 0) is 14.6 Å². The summed E-state index contributed by atoms with van der Waals surface area (Å²) >= 11 is 4.43. The Morgan fingerprint density at radius 1 is 1.29 bits per heavy atom. The number of sulfone groups is 1. The van der Waals surface area contributed by atoms with Gasteiger partial charge in [-0.1, -0.05) is 39.8 Å². The van der Waals surface area contributed by atoms with E-state index in [0.717, 1.165) is 16.8 Å². The number of carbonyl (C=O) groups excluding carboxylic acids is 1. The third kappa shape index (κ3) is 4.65. The first-order valence-corrected chi connectivity index (χ1v) is 13.3. The molecule has 6 nitrogen and oxygen atoms in total. The Hall–Kier alpha value is -1.91. The molecule has 2 aliphatic rings. The predicted molar refractivity (Wildman–Crippen MR) is 127 cm³/mol. The van der Waals surface area contributed by atoms with Gasteiger partial charge in [-0.25, -0.2) is 12.8 Å². The maximum Gasteiger partial charge on any atom is 0.234 e. The molecule has 2 aromatic carbocycles. The van der Waals surface area contributed by atoms with Crippen molar-refractivity contribution in [3.8, 4) is 0 Å². The molecule has 31 heavy (non-hydrogen) atoms. The van der Waals surface area contributed by atoms with Gasteiger partial charge in [0.05, 0.1) is 35.0 Å². The Morgan fingerprint density at radius 3 is 2.81 bits per heavy atom. The van der Waals surface area contributed by atoms with Gasteiger partial charge in [0.2, 0.25) is 5.91 Å². The summed E-state index contributed by atoms with van der Waals surface area (Å²) in [4.78, 5) is 18.7. The lowest BCUT2D eigenvalue weighted by Crippen LogP contribution is -2.40.